The van der Waals surface area contributed by atoms with E-state index in [4.69, 9.17) is 0 Å². The van der Waals surface area contributed by atoms with Crippen LogP contribution in [0.4, 0.5) is 0 Å². The lowest BCUT2D eigenvalue weighted by molar-refractivity contribution is 0.163. The van der Waals surface area contributed by atoms with Crippen LogP contribution >= 0.6 is 0 Å². The van der Waals surface area contributed by atoms with Crippen molar-refractivity contribution in [1.82, 2.24) is 24.5 Å². The van der Waals surface area contributed by atoms with Gasteiger partial charge in [-0.2, -0.15) is 0 Å². The lowest BCUT2D eigenvalue weighted by Crippen LogP contribution is -2.47. The summed E-state index contributed by atoms with van der Waals surface area (Å²) in [5.74, 6) is 0.325. The first-order chi connectivity index (χ1) is 14.1. The van der Waals surface area contributed by atoms with Crippen molar-refractivity contribution < 1.29 is 8.42 Å². The molecule has 2 unspecified atom stereocenters. The standard InChI is InChI=1S/C21H25N5O2S/c1-2-18-20(25-29(27,28)17-8-4-3-5-9-17)11-10-19(16-7-6-12-22-13-16)21(18)26-14-23-24-15-26/h3-9,12-15,18-21,25H,2,10-11H2,1H3/t18?,19?,20-,21-/m0/s1. The molecule has 0 aliphatic heterocycles. The molecule has 1 aliphatic carbocycles. The molecule has 1 saturated carbocycles. The molecule has 1 fully saturated rings. The largest absolute Gasteiger partial charge is 0.316 e. The Hall–Kier alpha value is -2.58. The van der Waals surface area contributed by atoms with E-state index < -0.39 is 10.0 Å². The van der Waals surface area contributed by atoms with Gasteiger partial charge in [-0.3, -0.25) is 4.98 Å². The van der Waals surface area contributed by atoms with Gasteiger partial charge in [-0.15, -0.1) is 10.2 Å². The van der Waals surface area contributed by atoms with E-state index in [2.05, 4.69) is 32.9 Å². The number of rotatable bonds is 6. The Balaban J connectivity index is 1.66. The Bertz CT molecular complexity index is 1010. The van der Waals surface area contributed by atoms with Crippen molar-refractivity contribution in [2.45, 2.75) is 49.1 Å². The zero-order valence-corrected chi connectivity index (χ0v) is 17.1. The molecular weight excluding hydrogens is 386 g/mol. The van der Waals surface area contributed by atoms with Crippen molar-refractivity contribution in [3.63, 3.8) is 0 Å². The van der Waals surface area contributed by atoms with E-state index in [1.54, 1.807) is 43.1 Å². The van der Waals surface area contributed by atoms with Gasteiger partial charge in [0.1, 0.15) is 12.7 Å². The summed E-state index contributed by atoms with van der Waals surface area (Å²) in [5.41, 5.74) is 1.16. The van der Waals surface area contributed by atoms with Crippen LogP contribution in [-0.4, -0.2) is 34.2 Å². The molecule has 8 heteroatoms. The summed E-state index contributed by atoms with van der Waals surface area (Å²) in [6, 6.07) is 12.5. The third-order valence-corrected chi connectivity index (χ3v) is 7.39. The normalized spacial score (nSPS) is 25.0. The van der Waals surface area contributed by atoms with Gasteiger partial charge in [0.15, 0.2) is 0 Å². The number of sulfonamides is 1. The highest BCUT2D eigenvalue weighted by molar-refractivity contribution is 7.89. The minimum Gasteiger partial charge on any atom is -0.316 e. The topological polar surface area (TPSA) is 89.8 Å². The van der Waals surface area contributed by atoms with E-state index in [0.29, 0.717) is 4.90 Å². The second kappa shape index (κ2) is 8.42. The Morgan fingerprint density at radius 2 is 1.83 bits per heavy atom. The number of hydrogen-bond donors (Lipinski definition) is 1. The van der Waals surface area contributed by atoms with E-state index in [1.165, 1.54) is 0 Å². The van der Waals surface area contributed by atoms with Gasteiger partial charge in [-0.1, -0.05) is 31.2 Å². The van der Waals surface area contributed by atoms with E-state index in [-0.39, 0.29) is 23.9 Å². The molecule has 29 heavy (non-hydrogen) atoms. The second-order valence-corrected chi connectivity index (χ2v) is 9.20. The molecular formula is C21H25N5O2S. The molecule has 0 bridgehead atoms. The number of benzene rings is 1. The summed E-state index contributed by atoms with van der Waals surface area (Å²) in [6.07, 6.45) is 9.59. The minimum absolute atomic E-state index is 0.0522. The average Bonchev–Trinajstić information content (AvgIpc) is 3.29. The van der Waals surface area contributed by atoms with E-state index in [9.17, 15) is 8.42 Å². The fraction of sp³-hybridized carbons (Fsp3) is 0.381. The zero-order valence-electron chi connectivity index (χ0n) is 16.3. The predicted molar refractivity (Wildman–Crippen MR) is 110 cm³/mol. The maximum Gasteiger partial charge on any atom is 0.240 e. The maximum atomic E-state index is 13.0. The molecule has 152 valence electrons. The summed E-state index contributed by atoms with van der Waals surface area (Å²) in [5, 5.41) is 8.00. The van der Waals surface area contributed by atoms with Gasteiger partial charge in [-0.05, 0) is 48.9 Å². The lowest BCUT2D eigenvalue weighted by Gasteiger charge is -2.43. The average molecular weight is 412 g/mol. The van der Waals surface area contributed by atoms with Crippen LogP contribution in [0.1, 0.15) is 43.7 Å². The fourth-order valence-electron chi connectivity index (χ4n) is 4.57. The third kappa shape index (κ3) is 4.09. The van der Waals surface area contributed by atoms with Crippen molar-refractivity contribution in [1.29, 1.82) is 0 Å². The summed E-state index contributed by atoms with van der Waals surface area (Å²) in [6.45, 7) is 2.11. The quantitative estimate of drug-likeness (QED) is 0.673. The van der Waals surface area contributed by atoms with Gasteiger partial charge >= 0.3 is 0 Å². The molecule has 0 radical (unpaired) electrons. The molecule has 2 heterocycles. The van der Waals surface area contributed by atoms with Gasteiger partial charge in [0.25, 0.3) is 0 Å². The Morgan fingerprint density at radius 3 is 2.48 bits per heavy atom. The monoisotopic (exact) mass is 411 g/mol. The van der Waals surface area contributed by atoms with Crippen molar-refractivity contribution in [3.8, 4) is 0 Å². The van der Waals surface area contributed by atoms with Crippen LogP contribution in [0.25, 0.3) is 0 Å². The molecule has 4 atom stereocenters. The van der Waals surface area contributed by atoms with Crippen molar-refractivity contribution >= 4 is 10.0 Å². The zero-order chi connectivity index (χ0) is 20.3. The van der Waals surface area contributed by atoms with Gasteiger partial charge in [0, 0.05) is 30.4 Å². The molecule has 2 aromatic heterocycles. The van der Waals surface area contributed by atoms with Crippen LogP contribution < -0.4 is 4.72 Å². The van der Waals surface area contributed by atoms with Crippen LogP contribution in [0.5, 0.6) is 0 Å². The van der Waals surface area contributed by atoms with Crippen LogP contribution in [0.15, 0.2) is 72.4 Å². The molecule has 1 aliphatic rings. The van der Waals surface area contributed by atoms with Gasteiger partial charge in [0.05, 0.1) is 4.90 Å². The second-order valence-electron chi connectivity index (χ2n) is 7.48. The van der Waals surface area contributed by atoms with Gasteiger partial charge in [0.2, 0.25) is 10.0 Å². The summed E-state index contributed by atoms with van der Waals surface area (Å²) >= 11 is 0. The SMILES string of the molecule is CCC1[C@H](n2cnnc2)C(c2cccnc2)CC[C@@H]1NS(=O)(=O)c1ccccc1. The van der Waals surface area contributed by atoms with Gasteiger partial charge < -0.3 is 4.57 Å². The van der Waals surface area contributed by atoms with Crippen molar-refractivity contribution in [2.75, 3.05) is 0 Å². The highest BCUT2D eigenvalue weighted by atomic mass is 32.2. The van der Waals surface area contributed by atoms with E-state index in [1.807, 2.05) is 22.9 Å². The minimum atomic E-state index is -3.58. The number of nitrogens with one attached hydrogen (secondary N) is 1. The number of hydrogen-bond acceptors (Lipinski definition) is 5. The first kappa shape index (κ1) is 19.7. The van der Waals surface area contributed by atoms with E-state index >= 15 is 0 Å². The number of pyridine rings is 1. The summed E-state index contributed by atoms with van der Waals surface area (Å²) in [4.78, 5) is 4.59. The Kier molecular flexibility index (Phi) is 5.73. The fourth-order valence-corrected chi connectivity index (χ4v) is 5.91. The summed E-state index contributed by atoms with van der Waals surface area (Å²) < 4.78 is 30.9. The van der Waals surface area contributed by atoms with Crippen LogP contribution in [-0.2, 0) is 10.0 Å². The number of aromatic nitrogens is 4. The maximum absolute atomic E-state index is 13.0. The van der Waals surface area contributed by atoms with Gasteiger partial charge in [-0.25, -0.2) is 13.1 Å². The molecule has 0 saturated heterocycles. The van der Waals surface area contributed by atoms with Crippen LogP contribution in [0.2, 0.25) is 0 Å². The van der Waals surface area contributed by atoms with Crippen molar-refractivity contribution in [2.24, 2.45) is 5.92 Å². The first-order valence-electron chi connectivity index (χ1n) is 9.91. The van der Waals surface area contributed by atoms with Crippen molar-refractivity contribution in [3.05, 3.63) is 73.1 Å². The number of nitrogens with zero attached hydrogens (tertiary/aromatic N) is 4. The smallest absolute Gasteiger partial charge is 0.240 e. The highest BCUT2D eigenvalue weighted by Crippen LogP contribution is 2.45. The lowest BCUT2D eigenvalue weighted by atomic mass is 9.70. The molecule has 4 rings (SSSR count). The summed E-state index contributed by atoms with van der Waals surface area (Å²) in [7, 11) is -3.58. The van der Waals surface area contributed by atoms with Crippen LogP contribution in [0, 0.1) is 5.92 Å². The Morgan fingerprint density at radius 1 is 1.07 bits per heavy atom. The highest BCUT2D eigenvalue weighted by Gasteiger charge is 2.41. The molecule has 0 amide bonds. The van der Waals surface area contributed by atoms with Crippen LogP contribution in [0.3, 0.4) is 0 Å². The molecule has 0 spiro atoms. The Labute approximate surface area is 171 Å². The molecule has 7 nitrogen and oxygen atoms in total. The molecule has 1 aromatic carbocycles. The third-order valence-electron chi connectivity index (χ3n) is 5.88. The molecule has 1 N–H and O–H groups in total. The first-order valence-corrected chi connectivity index (χ1v) is 11.4. The predicted octanol–water partition coefficient (Wildman–Crippen LogP) is 3.17. The molecule has 3 aromatic rings. The van der Waals surface area contributed by atoms with E-state index in [0.717, 1.165) is 24.8 Å².